The van der Waals surface area contributed by atoms with Gasteiger partial charge in [0, 0.05) is 35.0 Å². The highest BCUT2D eigenvalue weighted by Crippen LogP contribution is 2.44. The molecule has 3 heterocycles. The zero-order valence-corrected chi connectivity index (χ0v) is 21.6. The van der Waals surface area contributed by atoms with Crippen LogP contribution in [0.25, 0.3) is 5.69 Å². The summed E-state index contributed by atoms with van der Waals surface area (Å²) < 4.78 is 7.78. The maximum absolute atomic E-state index is 5.93. The van der Waals surface area contributed by atoms with Crippen molar-refractivity contribution in [2.75, 3.05) is 12.0 Å². The molecule has 0 bridgehead atoms. The van der Waals surface area contributed by atoms with Crippen molar-refractivity contribution in [3.63, 3.8) is 0 Å². The molecule has 1 N–H and O–H groups in total. The van der Waals surface area contributed by atoms with Gasteiger partial charge in [-0.25, -0.2) is 0 Å². The van der Waals surface area contributed by atoms with Gasteiger partial charge in [0.1, 0.15) is 5.75 Å². The lowest BCUT2D eigenvalue weighted by molar-refractivity contribution is 0.414. The molecule has 0 aliphatic carbocycles. The van der Waals surface area contributed by atoms with E-state index < -0.39 is 0 Å². The van der Waals surface area contributed by atoms with E-state index in [2.05, 4.69) is 84.9 Å². The summed E-state index contributed by atoms with van der Waals surface area (Å²) in [7, 11) is 1.70. The van der Waals surface area contributed by atoms with Crippen LogP contribution in [0.3, 0.4) is 0 Å². The van der Waals surface area contributed by atoms with Crippen LogP contribution in [0.15, 0.2) is 72.9 Å². The molecular weight excluding hydrogens is 452 g/mol. The molecule has 1 fully saturated rings. The molecule has 178 valence electrons. The lowest BCUT2D eigenvalue weighted by atomic mass is 9.96. The minimum Gasteiger partial charge on any atom is -0.497 e. The minimum absolute atomic E-state index is 0.0509. The fraction of sp³-hybridized carbons (Fsp3) is 0.241. The minimum atomic E-state index is -0.0791. The van der Waals surface area contributed by atoms with Crippen LogP contribution in [0.5, 0.6) is 5.75 Å². The highest BCUT2D eigenvalue weighted by Gasteiger charge is 2.42. The van der Waals surface area contributed by atoms with Gasteiger partial charge in [0.05, 0.1) is 24.9 Å². The molecule has 0 radical (unpaired) electrons. The second-order valence-electron chi connectivity index (χ2n) is 9.13. The van der Waals surface area contributed by atoms with E-state index >= 15 is 0 Å². The predicted octanol–water partition coefficient (Wildman–Crippen LogP) is 6.29. The van der Waals surface area contributed by atoms with E-state index in [0.717, 1.165) is 28.5 Å². The number of rotatable bonds is 5. The predicted molar refractivity (Wildman–Crippen MR) is 146 cm³/mol. The normalized spacial score (nSPS) is 17.5. The summed E-state index contributed by atoms with van der Waals surface area (Å²) in [5, 5.41) is 4.29. The zero-order chi connectivity index (χ0) is 24.7. The van der Waals surface area contributed by atoms with E-state index in [1.807, 2.05) is 30.5 Å². The van der Waals surface area contributed by atoms with E-state index in [1.165, 1.54) is 22.4 Å². The van der Waals surface area contributed by atoms with E-state index in [1.54, 1.807) is 7.11 Å². The number of aromatic nitrogens is 2. The van der Waals surface area contributed by atoms with Crippen molar-refractivity contribution in [2.24, 2.45) is 0 Å². The molecule has 2 aromatic carbocycles. The van der Waals surface area contributed by atoms with Crippen molar-refractivity contribution < 1.29 is 4.74 Å². The van der Waals surface area contributed by atoms with Crippen molar-refractivity contribution in [1.29, 1.82) is 0 Å². The number of hydrogen-bond donors (Lipinski definition) is 1. The van der Waals surface area contributed by atoms with Crippen molar-refractivity contribution in [2.45, 2.75) is 39.8 Å². The van der Waals surface area contributed by atoms with E-state index in [-0.39, 0.29) is 12.1 Å². The highest BCUT2D eigenvalue weighted by molar-refractivity contribution is 7.80. The molecule has 5 nitrogen and oxygen atoms in total. The SMILES string of the molecule is COc1cccc(-n2c(C)cc([C@@H]3[C@H](c4ccccn4)NC(=S)N3c3ccc(C)c(C)c3)c2C)c1. The Kier molecular flexibility index (Phi) is 6.07. The molecule has 0 spiro atoms. The van der Waals surface area contributed by atoms with Crippen molar-refractivity contribution in [1.82, 2.24) is 14.9 Å². The molecule has 4 aromatic rings. The monoisotopic (exact) mass is 482 g/mol. The summed E-state index contributed by atoms with van der Waals surface area (Å²) in [5.74, 6) is 0.836. The lowest BCUT2D eigenvalue weighted by Gasteiger charge is -2.28. The van der Waals surface area contributed by atoms with Crippen LogP contribution in [0.4, 0.5) is 5.69 Å². The summed E-state index contributed by atoms with van der Waals surface area (Å²) in [6.45, 7) is 8.60. The Bertz CT molecular complexity index is 1400. The maximum Gasteiger partial charge on any atom is 0.174 e. The number of nitrogens with one attached hydrogen (secondary N) is 1. The number of anilines is 1. The van der Waals surface area contributed by atoms with Crippen LogP contribution in [0.2, 0.25) is 0 Å². The van der Waals surface area contributed by atoms with Gasteiger partial charge >= 0.3 is 0 Å². The number of benzene rings is 2. The third-order valence-corrected chi connectivity index (χ3v) is 7.28. The van der Waals surface area contributed by atoms with Gasteiger partial charge in [-0.3, -0.25) is 4.98 Å². The van der Waals surface area contributed by atoms with E-state index in [9.17, 15) is 0 Å². The number of nitrogens with zero attached hydrogens (tertiary/aromatic N) is 3. The number of thiocarbonyl (C=S) groups is 1. The quantitative estimate of drug-likeness (QED) is 0.339. The second kappa shape index (κ2) is 9.19. The lowest BCUT2D eigenvalue weighted by Crippen LogP contribution is -2.29. The molecular formula is C29H30N4OS. The van der Waals surface area contributed by atoms with Crippen LogP contribution in [0, 0.1) is 27.7 Å². The van der Waals surface area contributed by atoms with Gasteiger partial charge in [-0.15, -0.1) is 0 Å². The zero-order valence-electron chi connectivity index (χ0n) is 20.7. The van der Waals surface area contributed by atoms with Crippen LogP contribution < -0.4 is 15.0 Å². The average molecular weight is 483 g/mol. The van der Waals surface area contributed by atoms with Crippen LogP contribution >= 0.6 is 12.2 Å². The van der Waals surface area contributed by atoms with Gasteiger partial charge in [-0.1, -0.05) is 18.2 Å². The number of aryl methyl sites for hydroxylation is 3. The first-order valence-electron chi connectivity index (χ1n) is 11.8. The maximum atomic E-state index is 5.93. The smallest absolute Gasteiger partial charge is 0.174 e. The summed E-state index contributed by atoms with van der Waals surface area (Å²) in [6.07, 6.45) is 1.84. The first-order valence-corrected chi connectivity index (χ1v) is 12.2. The van der Waals surface area contributed by atoms with Crippen LogP contribution in [-0.2, 0) is 0 Å². The molecule has 0 saturated carbocycles. The molecule has 2 aromatic heterocycles. The van der Waals surface area contributed by atoms with Gasteiger partial charge < -0.3 is 19.5 Å². The molecule has 1 saturated heterocycles. The Hall–Kier alpha value is -3.64. The third-order valence-electron chi connectivity index (χ3n) is 6.97. The molecule has 0 unspecified atom stereocenters. The van der Waals surface area contributed by atoms with Gasteiger partial charge in [-0.2, -0.15) is 0 Å². The number of ether oxygens (including phenoxy) is 1. The van der Waals surface area contributed by atoms with Gasteiger partial charge in [-0.05, 0) is 99.1 Å². The van der Waals surface area contributed by atoms with Crippen molar-refractivity contribution >= 4 is 23.0 Å². The molecule has 2 atom stereocenters. The number of pyridine rings is 1. The van der Waals surface area contributed by atoms with Gasteiger partial charge in [0.15, 0.2) is 5.11 Å². The second-order valence-corrected chi connectivity index (χ2v) is 9.52. The Labute approximate surface area is 212 Å². The van der Waals surface area contributed by atoms with Crippen LogP contribution in [-0.4, -0.2) is 21.8 Å². The van der Waals surface area contributed by atoms with E-state index in [4.69, 9.17) is 21.9 Å². The molecule has 0 amide bonds. The Morgan fingerprint density at radius 1 is 0.886 bits per heavy atom. The standard InChI is InChI=1S/C29H30N4OS/c1-18-12-13-23(15-19(18)2)33-28(27(31-29(33)35)26-11-6-7-14-30-26)25-16-20(3)32(21(25)4)22-9-8-10-24(17-22)34-5/h6-17,27-28H,1-5H3,(H,31,35)/t27-,28+/m0/s1. The third kappa shape index (κ3) is 4.08. The van der Waals surface area contributed by atoms with Crippen molar-refractivity contribution in [3.05, 3.63) is 107 Å². The Morgan fingerprint density at radius 3 is 2.43 bits per heavy atom. The van der Waals surface area contributed by atoms with Gasteiger partial charge in [0.25, 0.3) is 0 Å². The summed E-state index contributed by atoms with van der Waals surface area (Å²) in [6, 6.07) is 22.9. The fourth-order valence-electron chi connectivity index (χ4n) is 5.06. The highest BCUT2D eigenvalue weighted by atomic mass is 32.1. The molecule has 1 aliphatic heterocycles. The molecule has 35 heavy (non-hydrogen) atoms. The average Bonchev–Trinajstić information content (AvgIpc) is 3.36. The number of methoxy groups -OCH3 is 1. The molecule has 1 aliphatic rings. The molecule has 6 heteroatoms. The number of hydrogen-bond acceptors (Lipinski definition) is 3. The van der Waals surface area contributed by atoms with Gasteiger partial charge in [0.2, 0.25) is 0 Å². The van der Waals surface area contributed by atoms with E-state index in [0.29, 0.717) is 5.11 Å². The summed E-state index contributed by atoms with van der Waals surface area (Å²) in [4.78, 5) is 6.95. The molecule has 5 rings (SSSR count). The first-order chi connectivity index (χ1) is 16.9. The fourth-order valence-corrected chi connectivity index (χ4v) is 5.40. The summed E-state index contributed by atoms with van der Waals surface area (Å²) >= 11 is 5.93. The Balaban J connectivity index is 1.68. The van der Waals surface area contributed by atoms with Crippen molar-refractivity contribution in [3.8, 4) is 11.4 Å². The first kappa shape index (κ1) is 23.1. The topological polar surface area (TPSA) is 42.3 Å². The Morgan fingerprint density at radius 2 is 1.71 bits per heavy atom. The largest absolute Gasteiger partial charge is 0.497 e. The van der Waals surface area contributed by atoms with Crippen LogP contribution in [0.1, 0.15) is 45.9 Å². The summed E-state index contributed by atoms with van der Waals surface area (Å²) in [5.41, 5.74) is 9.17.